The second-order valence-electron chi connectivity index (χ2n) is 6.24. The predicted molar refractivity (Wildman–Crippen MR) is 110 cm³/mol. The van der Waals surface area contributed by atoms with Gasteiger partial charge in [-0.2, -0.15) is 15.5 Å². The lowest BCUT2D eigenvalue weighted by Crippen LogP contribution is -2.16. The molecule has 0 aliphatic heterocycles. The number of H-pyrrole nitrogens is 1. The second-order valence-corrected chi connectivity index (χ2v) is 6.65. The van der Waals surface area contributed by atoms with E-state index in [1.54, 1.807) is 43.2 Å². The summed E-state index contributed by atoms with van der Waals surface area (Å²) in [6, 6.07) is 7.26. The number of nitrogens with zero attached hydrogens (tertiary/aromatic N) is 6. The largest absolute Gasteiger partial charge is 0.450 e. The number of anilines is 1. The fourth-order valence-electron chi connectivity index (χ4n) is 2.94. The summed E-state index contributed by atoms with van der Waals surface area (Å²) in [5.74, 6) is -0.0177. The van der Waals surface area contributed by atoms with Crippen LogP contribution in [0.15, 0.2) is 30.6 Å². The number of aryl methyl sites for hydroxylation is 1. The average Bonchev–Trinajstić information content (AvgIpc) is 3.37. The molecule has 0 spiro atoms. The maximum absolute atomic E-state index is 11.9. The quantitative estimate of drug-likeness (QED) is 0.513. The van der Waals surface area contributed by atoms with E-state index in [1.165, 1.54) is 0 Å². The zero-order valence-corrected chi connectivity index (χ0v) is 16.7. The standard InChI is InChI=1S/C19H15ClN8O2/c1-3-30-19(29)25-18-14(8-21)23-16(17(24-18)13-4-5-28(2)27-13)10-6-11-9-22-26-15(11)12(20)7-10/h4-7,9H,3H2,1-2H3,(H,22,26)(H,24,25,29). The Hall–Kier alpha value is -3.97. The van der Waals surface area contributed by atoms with E-state index in [0.717, 1.165) is 5.39 Å². The number of ether oxygens (including phenoxy) is 1. The minimum Gasteiger partial charge on any atom is -0.450 e. The number of aromatic amines is 1. The van der Waals surface area contributed by atoms with Crippen LogP contribution in [0.3, 0.4) is 0 Å². The molecule has 0 atom stereocenters. The highest BCUT2D eigenvalue weighted by atomic mass is 35.5. The van der Waals surface area contributed by atoms with Crippen LogP contribution in [0.5, 0.6) is 0 Å². The van der Waals surface area contributed by atoms with Crippen molar-refractivity contribution in [2.75, 3.05) is 11.9 Å². The monoisotopic (exact) mass is 422 g/mol. The Balaban J connectivity index is 1.94. The van der Waals surface area contributed by atoms with Crippen LogP contribution in [0.2, 0.25) is 5.02 Å². The van der Waals surface area contributed by atoms with Crippen molar-refractivity contribution in [3.8, 4) is 28.7 Å². The van der Waals surface area contributed by atoms with E-state index >= 15 is 0 Å². The Morgan fingerprint density at radius 1 is 1.37 bits per heavy atom. The second kappa shape index (κ2) is 7.81. The molecule has 4 aromatic rings. The first-order valence-corrected chi connectivity index (χ1v) is 9.27. The SMILES string of the molecule is CCOC(=O)Nc1nc(-c2ccn(C)n2)c(-c2cc(Cl)c3[nH]ncc3c2)nc1C#N. The fourth-order valence-corrected chi connectivity index (χ4v) is 3.21. The summed E-state index contributed by atoms with van der Waals surface area (Å²) < 4.78 is 6.50. The van der Waals surface area contributed by atoms with Gasteiger partial charge in [0.15, 0.2) is 11.5 Å². The van der Waals surface area contributed by atoms with Crippen LogP contribution in [0, 0.1) is 11.3 Å². The molecule has 0 saturated carbocycles. The van der Waals surface area contributed by atoms with Crippen molar-refractivity contribution in [2.45, 2.75) is 6.92 Å². The highest BCUT2D eigenvalue weighted by molar-refractivity contribution is 6.35. The van der Waals surface area contributed by atoms with Gasteiger partial charge in [0.25, 0.3) is 0 Å². The van der Waals surface area contributed by atoms with Gasteiger partial charge in [0.1, 0.15) is 23.2 Å². The normalized spacial score (nSPS) is 10.7. The van der Waals surface area contributed by atoms with Crippen LogP contribution in [-0.2, 0) is 11.8 Å². The predicted octanol–water partition coefficient (Wildman–Crippen LogP) is 3.51. The molecule has 150 valence electrons. The van der Waals surface area contributed by atoms with Gasteiger partial charge < -0.3 is 4.74 Å². The molecule has 2 N–H and O–H groups in total. The summed E-state index contributed by atoms with van der Waals surface area (Å²) in [4.78, 5) is 20.8. The first kappa shape index (κ1) is 19.4. The van der Waals surface area contributed by atoms with Gasteiger partial charge in [0.2, 0.25) is 0 Å². The van der Waals surface area contributed by atoms with Crippen molar-refractivity contribution in [1.82, 2.24) is 29.9 Å². The number of carbonyl (C=O) groups excluding carboxylic acids is 1. The molecule has 4 rings (SSSR count). The number of hydrogen-bond acceptors (Lipinski definition) is 7. The number of amides is 1. The van der Waals surface area contributed by atoms with Crippen LogP contribution in [0.1, 0.15) is 12.6 Å². The molecule has 1 aromatic carbocycles. The summed E-state index contributed by atoms with van der Waals surface area (Å²) in [5.41, 5.74) is 2.53. The summed E-state index contributed by atoms with van der Waals surface area (Å²) in [5, 5.41) is 24.5. The summed E-state index contributed by atoms with van der Waals surface area (Å²) in [6.07, 6.45) is 2.66. The molecular formula is C19H15ClN8O2. The molecule has 0 radical (unpaired) electrons. The molecule has 11 heteroatoms. The third kappa shape index (κ3) is 3.54. The van der Waals surface area contributed by atoms with Crippen molar-refractivity contribution in [3.63, 3.8) is 0 Å². The van der Waals surface area contributed by atoms with E-state index < -0.39 is 6.09 Å². The highest BCUT2D eigenvalue weighted by Gasteiger charge is 2.21. The number of halogens is 1. The molecule has 10 nitrogen and oxygen atoms in total. The zero-order valence-electron chi connectivity index (χ0n) is 16.0. The van der Waals surface area contributed by atoms with Crippen LogP contribution in [-0.4, -0.2) is 42.6 Å². The Morgan fingerprint density at radius 3 is 2.90 bits per heavy atom. The molecule has 3 heterocycles. The lowest BCUT2D eigenvalue weighted by atomic mass is 10.1. The highest BCUT2D eigenvalue weighted by Crippen LogP contribution is 2.34. The van der Waals surface area contributed by atoms with Crippen LogP contribution >= 0.6 is 11.6 Å². The number of fused-ring (bicyclic) bond motifs is 1. The average molecular weight is 423 g/mol. The third-order valence-corrected chi connectivity index (χ3v) is 4.53. The maximum Gasteiger partial charge on any atom is 0.412 e. The Kier molecular flexibility index (Phi) is 5.04. The van der Waals surface area contributed by atoms with Gasteiger partial charge >= 0.3 is 6.09 Å². The van der Waals surface area contributed by atoms with E-state index in [1.807, 2.05) is 12.1 Å². The van der Waals surface area contributed by atoms with Gasteiger partial charge in [-0.25, -0.2) is 14.8 Å². The zero-order chi connectivity index (χ0) is 21.3. The van der Waals surface area contributed by atoms with Crippen molar-refractivity contribution in [1.29, 1.82) is 5.26 Å². The smallest absolute Gasteiger partial charge is 0.412 e. The van der Waals surface area contributed by atoms with Crippen molar-refractivity contribution < 1.29 is 9.53 Å². The first-order valence-electron chi connectivity index (χ1n) is 8.89. The lowest BCUT2D eigenvalue weighted by Gasteiger charge is -2.12. The molecule has 0 fully saturated rings. The molecule has 0 aliphatic carbocycles. The van der Waals surface area contributed by atoms with E-state index in [2.05, 4.69) is 30.6 Å². The molecule has 1 amide bonds. The fraction of sp³-hybridized carbons (Fsp3) is 0.158. The van der Waals surface area contributed by atoms with Crippen LogP contribution in [0.25, 0.3) is 33.5 Å². The van der Waals surface area contributed by atoms with Crippen molar-refractivity contribution in [2.24, 2.45) is 7.05 Å². The number of rotatable bonds is 4. The summed E-state index contributed by atoms with van der Waals surface area (Å²) in [7, 11) is 1.77. The van der Waals surface area contributed by atoms with Gasteiger partial charge in [0, 0.05) is 24.2 Å². The number of nitriles is 1. The Morgan fingerprint density at radius 2 is 2.20 bits per heavy atom. The molecule has 3 aromatic heterocycles. The van der Waals surface area contributed by atoms with E-state index in [9.17, 15) is 10.1 Å². The number of aromatic nitrogens is 6. The molecular weight excluding hydrogens is 408 g/mol. The Bertz CT molecular complexity index is 1300. The Labute approximate surface area is 175 Å². The number of nitrogens with one attached hydrogen (secondary N) is 2. The van der Waals surface area contributed by atoms with Crippen LogP contribution < -0.4 is 5.32 Å². The third-order valence-electron chi connectivity index (χ3n) is 4.23. The van der Waals surface area contributed by atoms with Gasteiger partial charge in [-0.15, -0.1) is 0 Å². The molecule has 0 unspecified atom stereocenters. The van der Waals surface area contributed by atoms with Gasteiger partial charge in [0.05, 0.1) is 23.3 Å². The lowest BCUT2D eigenvalue weighted by molar-refractivity contribution is 0.168. The van der Waals surface area contributed by atoms with Crippen molar-refractivity contribution >= 4 is 34.4 Å². The topological polar surface area (TPSA) is 134 Å². The summed E-state index contributed by atoms with van der Waals surface area (Å²) >= 11 is 6.39. The maximum atomic E-state index is 11.9. The van der Waals surface area contributed by atoms with Gasteiger partial charge in [-0.3, -0.25) is 15.1 Å². The van der Waals surface area contributed by atoms with E-state index in [-0.39, 0.29) is 18.1 Å². The minimum absolute atomic E-state index is 0.0177. The number of hydrogen-bond donors (Lipinski definition) is 2. The van der Waals surface area contributed by atoms with E-state index in [4.69, 9.17) is 16.3 Å². The molecule has 0 saturated heterocycles. The van der Waals surface area contributed by atoms with Gasteiger partial charge in [-0.05, 0) is 25.1 Å². The van der Waals surface area contributed by atoms with Gasteiger partial charge in [-0.1, -0.05) is 11.6 Å². The number of benzene rings is 1. The molecule has 0 aliphatic rings. The molecule has 30 heavy (non-hydrogen) atoms. The first-order chi connectivity index (χ1) is 14.5. The number of carbonyl (C=O) groups is 1. The minimum atomic E-state index is -0.731. The van der Waals surface area contributed by atoms with Crippen molar-refractivity contribution in [3.05, 3.63) is 41.3 Å². The van der Waals surface area contributed by atoms with E-state index in [0.29, 0.717) is 33.2 Å². The molecule has 0 bridgehead atoms. The summed E-state index contributed by atoms with van der Waals surface area (Å²) in [6.45, 7) is 1.85. The van der Waals surface area contributed by atoms with Crippen LogP contribution in [0.4, 0.5) is 10.6 Å².